The number of aromatic nitrogens is 1. The molecule has 4 heteroatoms. The molecular weight excluding hydrogens is 270 g/mol. The van der Waals surface area contributed by atoms with E-state index < -0.39 is 0 Å². The van der Waals surface area contributed by atoms with E-state index in [1.54, 1.807) is 0 Å². The Bertz CT molecular complexity index is 585. The van der Waals surface area contributed by atoms with Gasteiger partial charge < -0.3 is 15.6 Å². The highest BCUT2D eigenvalue weighted by Crippen LogP contribution is 2.31. The summed E-state index contributed by atoms with van der Waals surface area (Å²) >= 11 is 6.18. The molecule has 1 aromatic carbocycles. The summed E-state index contributed by atoms with van der Waals surface area (Å²) in [6.45, 7) is 2.95. The lowest BCUT2D eigenvalue weighted by Crippen LogP contribution is -2.29. The summed E-state index contributed by atoms with van der Waals surface area (Å²) in [4.78, 5) is 0. The van der Waals surface area contributed by atoms with Crippen molar-refractivity contribution in [1.82, 2.24) is 9.88 Å². The number of nitrogens with one attached hydrogen (secondary N) is 1. The van der Waals surface area contributed by atoms with E-state index >= 15 is 0 Å². The first kappa shape index (κ1) is 13.9. The van der Waals surface area contributed by atoms with Crippen molar-refractivity contribution >= 4 is 22.5 Å². The second-order valence-electron chi connectivity index (χ2n) is 5.60. The molecule has 0 spiro atoms. The number of nitrogens with zero attached hydrogens (tertiary/aromatic N) is 1. The number of nitrogens with two attached hydrogens (primary N) is 1. The average molecular weight is 292 g/mol. The molecule has 20 heavy (non-hydrogen) atoms. The van der Waals surface area contributed by atoms with E-state index in [1.807, 2.05) is 6.07 Å². The van der Waals surface area contributed by atoms with Crippen LogP contribution in [0.1, 0.15) is 30.9 Å². The molecule has 0 saturated carbocycles. The fourth-order valence-electron chi connectivity index (χ4n) is 3.18. The lowest BCUT2D eigenvalue weighted by Gasteiger charge is -2.25. The minimum Gasteiger partial charge on any atom is -0.344 e. The largest absolute Gasteiger partial charge is 0.344 e. The van der Waals surface area contributed by atoms with Crippen LogP contribution < -0.4 is 11.1 Å². The zero-order chi connectivity index (χ0) is 13.9. The van der Waals surface area contributed by atoms with Crippen molar-refractivity contribution in [2.45, 2.75) is 31.7 Å². The smallest absolute Gasteiger partial charge is 0.0486 e. The number of benzene rings is 1. The molecular formula is C16H22ClN3. The third-order valence-corrected chi connectivity index (χ3v) is 4.47. The monoisotopic (exact) mass is 291 g/mol. The summed E-state index contributed by atoms with van der Waals surface area (Å²) in [6, 6.07) is 6.85. The molecule has 3 N–H and O–H groups in total. The Kier molecular flexibility index (Phi) is 4.29. The van der Waals surface area contributed by atoms with Crippen LogP contribution in [0.3, 0.4) is 0 Å². The molecule has 0 radical (unpaired) electrons. The summed E-state index contributed by atoms with van der Waals surface area (Å²) in [6.07, 6.45) is 6.78. The third kappa shape index (κ3) is 2.71. The van der Waals surface area contributed by atoms with Crippen molar-refractivity contribution in [3.63, 3.8) is 0 Å². The van der Waals surface area contributed by atoms with Crippen LogP contribution in [0.25, 0.3) is 10.9 Å². The Morgan fingerprint density at radius 3 is 2.85 bits per heavy atom. The van der Waals surface area contributed by atoms with Crippen LogP contribution in [0.15, 0.2) is 24.4 Å². The van der Waals surface area contributed by atoms with Gasteiger partial charge in [0, 0.05) is 28.2 Å². The van der Waals surface area contributed by atoms with Crippen molar-refractivity contribution in [2.75, 3.05) is 19.6 Å². The maximum absolute atomic E-state index is 6.18. The predicted octanol–water partition coefficient (Wildman–Crippen LogP) is 3.11. The molecule has 2 aromatic rings. The van der Waals surface area contributed by atoms with Crippen molar-refractivity contribution in [2.24, 2.45) is 5.73 Å². The standard InChI is InChI=1S/C16H22ClN3/c17-13-3-4-16-15(10-13)12(2-1-7-18)11-20(16)14-5-8-19-9-6-14/h3-4,10-11,14,19H,1-2,5-9,18H2. The second-order valence-corrected chi connectivity index (χ2v) is 6.03. The SMILES string of the molecule is NCCCc1cn(C2CCNCC2)c2ccc(Cl)cc12. The van der Waals surface area contributed by atoms with E-state index in [-0.39, 0.29) is 0 Å². The van der Waals surface area contributed by atoms with E-state index in [4.69, 9.17) is 17.3 Å². The van der Waals surface area contributed by atoms with Gasteiger partial charge >= 0.3 is 0 Å². The summed E-state index contributed by atoms with van der Waals surface area (Å²) in [7, 11) is 0. The maximum Gasteiger partial charge on any atom is 0.0486 e. The van der Waals surface area contributed by atoms with Crippen molar-refractivity contribution < 1.29 is 0 Å². The second kappa shape index (κ2) is 6.17. The summed E-state index contributed by atoms with van der Waals surface area (Å²) in [5, 5.41) is 5.54. The van der Waals surface area contributed by atoms with E-state index in [0.29, 0.717) is 6.04 Å². The lowest BCUT2D eigenvalue weighted by atomic mass is 10.1. The zero-order valence-corrected chi connectivity index (χ0v) is 12.5. The first-order chi connectivity index (χ1) is 9.79. The third-order valence-electron chi connectivity index (χ3n) is 4.23. The lowest BCUT2D eigenvalue weighted by molar-refractivity contribution is 0.375. The van der Waals surface area contributed by atoms with Crippen molar-refractivity contribution in [1.29, 1.82) is 0 Å². The Hall–Kier alpha value is -1.03. The first-order valence-electron chi connectivity index (χ1n) is 7.49. The van der Waals surface area contributed by atoms with Crippen LogP contribution in [0.5, 0.6) is 0 Å². The van der Waals surface area contributed by atoms with Gasteiger partial charge in [0.2, 0.25) is 0 Å². The van der Waals surface area contributed by atoms with Gasteiger partial charge in [0.15, 0.2) is 0 Å². The molecule has 2 heterocycles. The fourth-order valence-corrected chi connectivity index (χ4v) is 3.35. The first-order valence-corrected chi connectivity index (χ1v) is 7.87. The van der Waals surface area contributed by atoms with Gasteiger partial charge in [-0.05, 0) is 69.1 Å². The molecule has 1 saturated heterocycles. The minimum atomic E-state index is 0.603. The molecule has 3 rings (SSSR count). The Morgan fingerprint density at radius 2 is 2.10 bits per heavy atom. The molecule has 0 amide bonds. The van der Waals surface area contributed by atoms with Crippen LogP contribution >= 0.6 is 11.6 Å². The summed E-state index contributed by atoms with van der Waals surface area (Å²) < 4.78 is 2.46. The van der Waals surface area contributed by atoms with E-state index in [0.717, 1.165) is 37.5 Å². The normalized spacial score (nSPS) is 16.9. The highest BCUT2D eigenvalue weighted by Gasteiger charge is 2.18. The number of hydrogen-bond acceptors (Lipinski definition) is 2. The highest BCUT2D eigenvalue weighted by atomic mass is 35.5. The molecule has 1 fully saturated rings. The van der Waals surface area contributed by atoms with Crippen LogP contribution in [-0.4, -0.2) is 24.2 Å². The number of hydrogen-bond donors (Lipinski definition) is 2. The minimum absolute atomic E-state index is 0.603. The van der Waals surface area contributed by atoms with E-state index in [2.05, 4.69) is 28.2 Å². The zero-order valence-electron chi connectivity index (χ0n) is 11.7. The molecule has 0 bridgehead atoms. The quantitative estimate of drug-likeness (QED) is 0.909. The number of rotatable bonds is 4. The van der Waals surface area contributed by atoms with Gasteiger partial charge in [0.05, 0.1) is 0 Å². The van der Waals surface area contributed by atoms with Gasteiger partial charge in [-0.2, -0.15) is 0 Å². The van der Waals surface area contributed by atoms with Gasteiger partial charge in [0.25, 0.3) is 0 Å². The van der Waals surface area contributed by atoms with Crippen LogP contribution in [0, 0.1) is 0 Å². The van der Waals surface area contributed by atoms with Gasteiger partial charge in [-0.15, -0.1) is 0 Å². The van der Waals surface area contributed by atoms with Gasteiger partial charge in [-0.3, -0.25) is 0 Å². The average Bonchev–Trinajstić information content (AvgIpc) is 2.84. The van der Waals surface area contributed by atoms with Crippen LogP contribution in [0.4, 0.5) is 0 Å². The Labute approximate surface area is 125 Å². The molecule has 0 aliphatic carbocycles. The molecule has 108 valence electrons. The molecule has 1 aliphatic heterocycles. The molecule has 0 atom stereocenters. The predicted molar refractivity (Wildman–Crippen MR) is 85.5 cm³/mol. The van der Waals surface area contributed by atoms with E-state index in [1.165, 1.54) is 29.3 Å². The van der Waals surface area contributed by atoms with Crippen LogP contribution in [-0.2, 0) is 6.42 Å². The fraction of sp³-hybridized carbons (Fsp3) is 0.500. The topological polar surface area (TPSA) is 43.0 Å². The summed E-state index contributed by atoms with van der Waals surface area (Å²) in [5.74, 6) is 0. The van der Waals surface area contributed by atoms with E-state index in [9.17, 15) is 0 Å². The van der Waals surface area contributed by atoms with Gasteiger partial charge in [-0.25, -0.2) is 0 Å². The Balaban J connectivity index is 2.02. The molecule has 0 unspecified atom stereocenters. The summed E-state index contributed by atoms with van der Waals surface area (Å²) in [5.41, 5.74) is 8.35. The molecule has 1 aliphatic rings. The Morgan fingerprint density at radius 1 is 1.30 bits per heavy atom. The molecule has 3 nitrogen and oxygen atoms in total. The molecule has 1 aromatic heterocycles. The van der Waals surface area contributed by atoms with Crippen LogP contribution in [0.2, 0.25) is 5.02 Å². The highest BCUT2D eigenvalue weighted by molar-refractivity contribution is 6.31. The van der Waals surface area contributed by atoms with Gasteiger partial charge in [-0.1, -0.05) is 11.6 Å². The number of halogens is 1. The van der Waals surface area contributed by atoms with Crippen molar-refractivity contribution in [3.8, 4) is 0 Å². The van der Waals surface area contributed by atoms with Crippen molar-refractivity contribution in [3.05, 3.63) is 35.0 Å². The van der Waals surface area contributed by atoms with Gasteiger partial charge in [0.1, 0.15) is 0 Å². The number of aryl methyl sites for hydroxylation is 1. The number of fused-ring (bicyclic) bond motifs is 1. The number of piperidine rings is 1. The maximum atomic E-state index is 6.18.